The Labute approximate surface area is 120 Å². The molecule has 5 heteroatoms. The van der Waals surface area contributed by atoms with Gasteiger partial charge in [-0.15, -0.1) is 0 Å². The number of nitrogen functional groups attached to an aromatic ring is 1. The lowest BCUT2D eigenvalue weighted by Crippen LogP contribution is -2.02. The molecule has 0 saturated heterocycles. The topological polar surface area (TPSA) is 52.3 Å². The minimum Gasteiger partial charge on any atom is -0.495 e. The van der Waals surface area contributed by atoms with Gasteiger partial charge in [0.05, 0.1) is 28.6 Å². The van der Waals surface area contributed by atoms with Gasteiger partial charge in [0, 0.05) is 11.8 Å². The summed E-state index contributed by atoms with van der Waals surface area (Å²) >= 11 is 0. The van der Waals surface area contributed by atoms with E-state index in [4.69, 9.17) is 10.5 Å². The molecular formula is C15H16FNO2S. The molecule has 0 radical (unpaired) electrons. The monoisotopic (exact) mass is 293 g/mol. The predicted molar refractivity (Wildman–Crippen MR) is 78.7 cm³/mol. The molecule has 0 saturated carbocycles. The van der Waals surface area contributed by atoms with Gasteiger partial charge in [-0.05, 0) is 42.3 Å². The fourth-order valence-electron chi connectivity index (χ4n) is 1.89. The van der Waals surface area contributed by atoms with Crippen molar-refractivity contribution in [1.29, 1.82) is 0 Å². The first-order chi connectivity index (χ1) is 9.51. The lowest BCUT2D eigenvalue weighted by Gasteiger charge is -2.10. The molecule has 0 amide bonds. The molecule has 0 fully saturated rings. The first kappa shape index (κ1) is 14.5. The zero-order valence-electron chi connectivity index (χ0n) is 11.4. The van der Waals surface area contributed by atoms with Gasteiger partial charge in [-0.3, -0.25) is 4.21 Å². The standard InChI is InChI=1S/C15H16FNO2S/c1-10-3-4-12(16)7-11(10)9-20(18)15-6-5-13(17)8-14(15)19-2/h3-8H,9,17H2,1-2H3. The number of aryl methyl sites for hydroxylation is 1. The van der Waals surface area contributed by atoms with E-state index < -0.39 is 10.8 Å². The van der Waals surface area contributed by atoms with Gasteiger partial charge < -0.3 is 10.5 Å². The van der Waals surface area contributed by atoms with Gasteiger partial charge in [0.25, 0.3) is 0 Å². The Morgan fingerprint density at radius 1 is 1.25 bits per heavy atom. The Bertz CT molecular complexity index is 658. The number of hydrogen-bond acceptors (Lipinski definition) is 3. The summed E-state index contributed by atoms with van der Waals surface area (Å²) in [6.07, 6.45) is 0. The van der Waals surface area contributed by atoms with Crippen molar-refractivity contribution in [3.8, 4) is 5.75 Å². The molecule has 0 aliphatic rings. The van der Waals surface area contributed by atoms with E-state index in [1.54, 1.807) is 24.3 Å². The predicted octanol–water partition coefficient (Wildman–Crippen LogP) is 3.03. The highest BCUT2D eigenvalue weighted by atomic mass is 32.2. The number of benzene rings is 2. The van der Waals surface area contributed by atoms with Crippen LogP contribution in [0.2, 0.25) is 0 Å². The van der Waals surface area contributed by atoms with Crippen molar-refractivity contribution >= 4 is 16.5 Å². The number of ether oxygens (including phenoxy) is 1. The van der Waals surface area contributed by atoms with E-state index in [-0.39, 0.29) is 11.6 Å². The van der Waals surface area contributed by atoms with Crippen LogP contribution in [0.15, 0.2) is 41.3 Å². The highest BCUT2D eigenvalue weighted by Gasteiger charge is 2.13. The molecule has 20 heavy (non-hydrogen) atoms. The fourth-order valence-corrected chi connectivity index (χ4v) is 3.22. The molecule has 1 unspecified atom stereocenters. The molecule has 2 rings (SSSR count). The number of nitrogens with two attached hydrogens (primary N) is 1. The second-order valence-corrected chi connectivity index (χ2v) is 5.89. The summed E-state index contributed by atoms with van der Waals surface area (Å²) in [7, 11) is 0.183. The maximum Gasteiger partial charge on any atom is 0.137 e. The highest BCUT2D eigenvalue weighted by Crippen LogP contribution is 2.27. The SMILES string of the molecule is COc1cc(N)ccc1S(=O)Cc1cc(F)ccc1C. The first-order valence-electron chi connectivity index (χ1n) is 6.08. The smallest absolute Gasteiger partial charge is 0.137 e. The molecule has 2 N–H and O–H groups in total. The first-order valence-corrected chi connectivity index (χ1v) is 7.40. The summed E-state index contributed by atoms with van der Waals surface area (Å²) in [5, 5.41) is 0. The summed E-state index contributed by atoms with van der Waals surface area (Å²) in [5.74, 6) is 0.397. The van der Waals surface area contributed by atoms with E-state index in [1.165, 1.54) is 19.2 Å². The summed E-state index contributed by atoms with van der Waals surface area (Å²) in [6.45, 7) is 1.87. The molecule has 3 nitrogen and oxygen atoms in total. The van der Waals surface area contributed by atoms with E-state index >= 15 is 0 Å². The van der Waals surface area contributed by atoms with Crippen LogP contribution in [0.3, 0.4) is 0 Å². The van der Waals surface area contributed by atoms with E-state index in [9.17, 15) is 8.60 Å². The average Bonchev–Trinajstić information content (AvgIpc) is 2.42. The molecule has 106 valence electrons. The molecular weight excluding hydrogens is 277 g/mol. The van der Waals surface area contributed by atoms with Crippen molar-refractivity contribution in [2.75, 3.05) is 12.8 Å². The molecule has 0 aliphatic carbocycles. The van der Waals surface area contributed by atoms with Crippen LogP contribution in [0.5, 0.6) is 5.75 Å². The molecule has 0 bridgehead atoms. The molecule has 2 aromatic carbocycles. The minimum absolute atomic E-state index is 0.240. The zero-order valence-corrected chi connectivity index (χ0v) is 12.2. The van der Waals surface area contributed by atoms with E-state index in [0.29, 0.717) is 16.3 Å². The van der Waals surface area contributed by atoms with Gasteiger partial charge in [0.2, 0.25) is 0 Å². The quantitative estimate of drug-likeness (QED) is 0.882. The Morgan fingerprint density at radius 3 is 2.70 bits per heavy atom. The molecule has 0 heterocycles. The Balaban J connectivity index is 2.30. The van der Waals surface area contributed by atoms with Crippen LogP contribution in [-0.4, -0.2) is 11.3 Å². The van der Waals surface area contributed by atoms with Crippen molar-refractivity contribution in [3.05, 3.63) is 53.3 Å². The third kappa shape index (κ3) is 3.17. The van der Waals surface area contributed by atoms with Gasteiger partial charge in [0.15, 0.2) is 0 Å². The molecule has 0 spiro atoms. The maximum absolute atomic E-state index is 13.3. The normalized spacial score (nSPS) is 12.2. The summed E-state index contributed by atoms with van der Waals surface area (Å²) in [4.78, 5) is 0.561. The number of rotatable bonds is 4. The van der Waals surface area contributed by atoms with Crippen LogP contribution in [0, 0.1) is 12.7 Å². The van der Waals surface area contributed by atoms with Gasteiger partial charge in [-0.25, -0.2) is 4.39 Å². The van der Waals surface area contributed by atoms with Gasteiger partial charge in [0.1, 0.15) is 11.6 Å². The zero-order chi connectivity index (χ0) is 14.7. The van der Waals surface area contributed by atoms with Gasteiger partial charge >= 0.3 is 0 Å². The van der Waals surface area contributed by atoms with Crippen molar-refractivity contribution in [2.24, 2.45) is 0 Å². The summed E-state index contributed by atoms with van der Waals surface area (Å²) < 4.78 is 30.9. The summed E-state index contributed by atoms with van der Waals surface area (Å²) in [6, 6.07) is 9.48. The van der Waals surface area contributed by atoms with E-state index in [2.05, 4.69) is 0 Å². The maximum atomic E-state index is 13.3. The highest BCUT2D eigenvalue weighted by molar-refractivity contribution is 7.84. The molecule has 0 aromatic heterocycles. The molecule has 2 aromatic rings. The van der Waals surface area contributed by atoms with E-state index in [0.717, 1.165) is 11.1 Å². The Hall–Kier alpha value is -1.88. The third-order valence-corrected chi connectivity index (χ3v) is 4.43. The van der Waals surface area contributed by atoms with Gasteiger partial charge in [-0.2, -0.15) is 0 Å². The third-order valence-electron chi connectivity index (χ3n) is 3.03. The number of methoxy groups -OCH3 is 1. The lowest BCUT2D eigenvalue weighted by atomic mass is 10.1. The fraction of sp³-hybridized carbons (Fsp3) is 0.200. The van der Waals surface area contributed by atoms with Crippen LogP contribution >= 0.6 is 0 Å². The van der Waals surface area contributed by atoms with Crippen molar-refractivity contribution in [1.82, 2.24) is 0 Å². The van der Waals surface area contributed by atoms with Crippen molar-refractivity contribution in [2.45, 2.75) is 17.6 Å². The van der Waals surface area contributed by atoms with Crippen molar-refractivity contribution < 1.29 is 13.3 Å². The number of hydrogen-bond donors (Lipinski definition) is 1. The van der Waals surface area contributed by atoms with Crippen molar-refractivity contribution in [3.63, 3.8) is 0 Å². The van der Waals surface area contributed by atoms with Crippen LogP contribution in [-0.2, 0) is 16.6 Å². The average molecular weight is 293 g/mol. The van der Waals surface area contributed by atoms with Crippen LogP contribution in [0.25, 0.3) is 0 Å². The lowest BCUT2D eigenvalue weighted by molar-refractivity contribution is 0.404. The number of anilines is 1. The summed E-state index contributed by atoms with van der Waals surface area (Å²) in [5.41, 5.74) is 7.85. The molecule has 1 atom stereocenters. The Morgan fingerprint density at radius 2 is 2.00 bits per heavy atom. The van der Waals surface area contributed by atoms with Crippen LogP contribution in [0.1, 0.15) is 11.1 Å². The second kappa shape index (κ2) is 6.05. The molecule has 0 aliphatic heterocycles. The largest absolute Gasteiger partial charge is 0.495 e. The second-order valence-electron chi connectivity index (χ2n) is 4.47. The minimum atomic E-state index is -1.32. The number of halogens is 1. The Kier molecular flexibility index (Phi) is 4.39. The van der Waals surface area contributed by atoms with Crippen LogP contribution in [0.4, 0.5) is 10.1 Å². The van der Waals surface area contributed by atoms with E-state index in [1.807, 2.05) is 6.92 Å². The van der Waals surface area contributed by atoms with Gasteiger partial charge in [-0.1, -0.05) is 6.07 Å². The van der Waals surface area contributed by atoms with Crippen LogP contribution < -0.4 is 10.5 Å².